The van der Waals surface area contributed by atoms with Crippen LogP contribution < -0.4 is 10.1 Å². The third kappa shape index (κ3) is 6.03. The zero-order valence-electron chi connectivity index (χ0n) is 16.8. The smallest absolute Gasteiger partial charge is 0.310 e. The molecule has 156 valence electrons. The van der Waals surface area contributed by atoms with Gasteiger partial charge in [-0.25, -0.2) is 12.7 Å². The first kappa shape index (κ1) is 22.4. The minimum absolute atomic E-state index is 0.0000707. The summed E-state index contributed by atoms with van der Waals surface area (Å²) in [5.41, 5.74) is 1.72. The molecule has 0 saturated heterocycles. The molecule has 0 aliphatic carbocycles. The predicted molar refractivity (Wildman–Crippen MR) is 108 cm³/mol. The van der Waals surface area contributed by atoms with Crippen LogP contribution >= 0.6 is 0 Å². The average molecular weight is 420 g/mol. The predicted octanol–water partition coefficient (Wildman–Crippen LogP) is 1.98. The second-order valence-corrected chi connectivity index (χ2v) is 8.65. The summed E-state index contributed by atoms with van der Waals surface area (Å²) in [5.74, 6) is -0.503. The summed E-state index contributed by atoms with van der Waals surface area (Å²) in [6, 6.07) is 11.4. The van der Waals surface area contributed by atoms with Crippen LogP contribution in [0.15, 0.2) is 47.4 Å². The molecule has 0 aliphatic rings. The Morgan fingerprint density at radius 2 is 1.83 bits per heavy atom. The summed E-state index contributed by atoms with van der Waals surface area (Å²) in [7, 11) is 0.750. The Morgan fingerprint density at radius 3 is 2.48 bits per heavy atom. The summed E-state index contributed by atoms with van der Waals surface area (Å²) in [5, 5.41) is 2.58. The van der Waals surface area contributed by atoms with E-state index in [9.17, 15) is 18.0 Å². The van der Waals surface area contributed by atoms with Crippen molar-refractivity contribution in [2.45, 2.75) is 18.2 Å². The largest absolute Gasteiger partial charge is 0.497 e. The lowest BCUT2D eigenvalue weighted by Crippen LogP contribution is -2.24. The van der Waals surface area contributed by atoms with Crippen LogP contribution in [0.25, 0.3) is 0 Å². The van der Waals surface area contributed by atoms with Gasteiger partial charge in [-0.05, 0) is 42.3 Å². The molecule has 0 fully saturated rings. The zero-order chi connectivity index (χ0) is 21.6. The molecule has 0 saturated carbocycles. The Hall–Kier alpha value is -2.91. The third-order valence-electron chi connectivity index (χ3n) is 4.11. The molecular formula is C20H24N2O6S. The Morgan fingerprint density at radius 1 is 1.10 bits per heavy atom. The maximum absolute atomic E-state index is 12.3. The standard InChI is InChI=1S/C20H24N2O6S/c1-14-8-9-17(29(25,26)22(2)3)12-18(14)21-19(23)13-28-20(24)11-15-6-5-7-16(10-15)27-4/h5-10,12H,11,13H2,1-4H3,(H,21,23). The molecule has 2 aromatic carbocycles. The van der Waals surface area contributed by atoms with Gasteiger partial charge in [0.25, 0.3) is 5.91 Å². The lowest BCUT2D eigenvalue weighted by Gasteiger charge is -2.14. The van der Waals surface area contributed by atoms with Crippen molar-refractivity contribution < 1.29 is 27.5 Å². The monoisotopic (exact) mass is 420 g/mol. The highest BCUT2D eigenvalue weighted by molar-refractivity contribution is 7.89. The second kappa shape index (κ2) is 9.53. The van der Waals surface area contributed by atoms with E-state index < -0.39 is 28.5 Å². The number of carbonyl (C=O) groups excluding carboxylic acids is 2. The third-order valence-corrected chi connectivity index (χ3v) is 5.92. The van der Waals surface area contributed by atoms with Crippen LogP contribution in [-0.4, -0.2) is 52.4 Å². The van der Waals surface area contributed by atoms with Crippen molar-refractivity contribution in [1.82, 2.24) is 4.31 Å². The minimum Gasteiger partial charge on any atom is -0.497 e. The summed E-state index contributed by atoms with van der Waals surface area (Å²) >= 11 is 0. The van der Waals surface area contributed by atoms with Crippen molar-refractivity contribution in [3.05, 3.63) is 53.6 Å². The lowest BCUT2D eigenvalue weighted by molar-refractivity contribution is -0.146. The van der Waals surface area contributed by atoms with E-state index in [4.69, 9.17) is 9.47 Å². The number of nitrogens with one attached hydrogen (secondary N) is 1. The van der Waals surface area contributed by atoms with Gasteiger partial charge in [0.15, 0.2) is 6.61 Å². The number of aryl methyl sites for hydroxylation is 1. The normalized spacial score (nSPS) is 11.2. The summed E-state index contributed by atoms with van der Waals surface area (Å²) in [4.78, 5) is 24.2. The number of anilines is 1. The van der Waals surface area contributed by atoms with E-state index in [1.807, 2.05) is 0 Å². The number of methoxy groups -OCH3 is 1. The highest BCUT2D eigenvalue weighted by atomic mass is 32.2. The van der Waals surface area contributed by atoms with Gasteiger partial charge >= 0.3 is 5.97 Å². The Bertz CT molecular complexity index is 1000. The van der Waals surface area contributed by atoms with Gasteiger partial charge in [-0.3, -0.25) is 9.59 Å². The van der Waals surface area contributed by atoms with E-state index in [0.717, 1.165) is 4.31 Å². The molecule has 0 atom stereocenters. The number of hydrogen-bond donors (Lipinski definition) is 1. The summed E-state index contributed by atoms with van der Waals surface area (Å²) < 4.78 is 35.7. The molecule has 0 radical (unpaired) electrons. The fourth-order valence-electron chi connectivity index (χ4n) is 2.44. The fourth-order valence-corrected chi connectivity index (χ4v) is 3.37. The summed E-state index contributed by atoms with van der Waals surface area (Å²) in [6.45, 7) is 1.25. The van der Waals surface area contributed by atoms with Crippen LogP contribution in [0.4, 0.5) is 5.69 Å². The van der Waals surface area contributed by atoms with Crippen LogP contribution in [0, 0.1) is 6.92 Å². The number of amides is 1. The summed E-state index contributed by atoms with van der Waals surface area (Å²) in [6.07, 6.45) is 0.0000707. The van der Waals surface area contributed by atoms with E-state index in [2.05, 4.69) is 5.32 Å². The van der Waals surface area contributed by atoms with E-state index in [0.29, 0.717) is 22.6 Å². The van der Waals surface area contributed by atoms with Gasteiger partial charge in [0, 0.05) is 19.8 Å². The van der Waals surface area contributed by atoms with Crippen LogP contribution in [-0.2, 0) is 30.8 Å². The molecule has 29 heavy (non-hydrogen) atoms. The van der Waals surface area contributed by atoms with Gasteiger partial charge in [0.2, 0.25) is 10.0 Å². The van der Waals surface area contributed by atoms with Crippen molar-refractivity contribution in [2.75, 3.05) is 33.1 Å². The quantitative estimate of drug-likeness (QED) is 0.655. The van der Waals surface area contributed by atoms with Crippen molar-refractivity contribution >= 4 is 27.6 Å². The molecule has 1 amide bonds. The maximum atomic E-state index is 12.3. The number of benzene rings is 2. The molecule has 0 aromatic heterocycles. The van der Waals surface area contributed by atoms with Gasteiger partial charge in [-0.1, -0.05) is 18.2 Å². The average Bonchev–Trinajstić information content (AvgIpc) is 2.68. The molecule has 8 nitrogen and oxygen atoms in total. The second-order valence-electron chi connectivity index (χ2n) is 6.50. The Labute approximate surface area is 170 Å². The van der Waals surface area contributed by atoms with Gasteiger partial charge in [-0.2, -0.15) is 0 Å². The van der Waals surface area contributed by atoms with Crippen molar-refractivity contribution in [2.24, 2.45) is 0 Å². The van der Waals surface area contributed by atoms with Crippen molar-refractivity contribution in [3.63, 3.8) is 0 Å². The minimum atomic E-state index is -3.63. The Balaban J connectivity index is 1.97. The van der Waals surface area contributed by atoms with E-state index >= 15 is 0 Å². The van der Waals surface area contributed by atoms with E-state index in [1.54, 1.807) is 37.3 Å². The molecule has 0 heterocycles. The first-order chi connectivity index (χ1) is 13.6. The number of ether oxygens (including phenoxy) is 2. The van der Waals surface area contributed by atoms with Gasteiger partial charge in [-0.15, -0.1) is 0 Å². The maximum Gasteiger partial charge on any atom is 0.310 e. The molecule has 0 aliphatic heterocycles. The first-order valence-electron chi connectivity index (χ1n) is 8.75. The number of esters is 1. The first-order valence-corrected chi connectivity index (χ1v) is 10.2. The van der Waals surface area contributed by atoms with Crippen LogP contribution in [0.5, 0.6) is 5.75 Å². The topological polar surface area (TPSA) is 102 Å². The molecule has 0 spiro atoms. The Kier molecular flexibility index (Phi) is 7.35. The fraction of sp³-hybridized carbons (Fsp3) is 0.300. The SMILES string of the molecule is COc1cccc(CC(=O)OCC(=O)Nc2cc(S(=O)(=O)N(C)C)ccc2C)c1. The van der Waals surface area contributed by atoms with E-state index in [1.165, 1.54) is 33.3 Å². The van der Waals surface area contributed by atoms with Crippen LogP contribution in [0.2, 0.25) is 0 Å². The van der Waals surface area contributed by atoms with Crippen LogP contribution in [0.1, 0.15) is 11.1 Å². The van der Waals surface area contributed by atoms with Gasteiger partial charge < -0.3 is 14.8 Å². The molecule has 1 N–H and O–H groups in total. The van der Waals surface area contributed by atoms with Crippen LogP contribution in [0.3, 0.4) is 0 Å². The number of hydrogen-bond acceptors (Lipinski definition) is 6. The molecule has 2 aromatic rings. The zero-order valence-corrected chi connectivity index (χ0v) is 17.6. The van der Waals surface area contributed by atoms with Crippen molar-refractivity contribution in [3.8, 4) is 5.75 Å². The molecule has 0 unspecified atom stereocenters. The highest BCUT2D eigenvalue weighted by Gasteiger charge is 2.19. The van der Waals surface area contributed by atoms with Gasteiger partial charge in [0.05, 0.1) is 18.4 Å². The number of sulfonamides is 1. The molecule has 0 bridgehead atoms. The molecular weight excluding hydrogens is 396 g/mol. The number of rotatable bonds is 8. The molecule has 2 rings (SSSR count). The number of nitrogens with zero attached hydrogens (tertiary/aromatic N) is 1. The van der Waals surface area contributed by atoms with Gasteiger partial charge in [0.1, 0.15) is 5.75 Å². The van der Waals surface area contributed by atoms with E-state index in [-0.39, 0.29) is 11.3 Å². The molecule has 9 heteroatoms. The lowest BCUT2D eigenvalue weighted by atomic mass is 10.1. The van der Waals surface area contributed by atoms with Crippen molar-refractivity contribution in [1.29, 1.82) is 0 Å². The number of carbonyl (C=O) groups is 2. The highest BCUT2D eigenvalue weighted by Crippen LogP contribution is 2.22.